The van der Waals surface area contributed by atoms with Gasteiger partial charge in [0, 0.05) is 18.3 Å². The fourth-order valence-corrected chi connectivity index (χ4v) is 3.95. The highest BCUT2D eigenvalue weighted by molar-refractivity contribution is 7.89. The lowest BCUT2D eigenvalue weighted by molar-refractivity contribution is -0.111. The fraction of sp³-hybridized carbons (Fsp3) is 0.348. The van der Waals surface area contributed by atoms with E-state index in [-0.39, 0.29) is 10.8 Å². The van der Waals surface area contributed by atoms with Crippen molar-refractivity contribution in [2.75, 3.05) is 26.1 Å². The van der Waals surface area contributed by atoms with Gasteiger partial charge in [-0.3, -0.25) is 4.79 Å². The molecule has 0 aliphatic rings. The van der Waals surface area contributed by atoms with Gasteiger partial charge in [-0.15, -0.1) is 0 Å². The molecule has 0 atom stereocenters. The number of carbonyl (C=O) groups is 1. The first-order chi connectivity index (χ1) is 14.9. The smallest absolute Gasteiger partial charge is 0.248 e. The Morgan fingerprint density at radius 1 is 0.968 bits per heavy atom. The van der Waals surface area contributed by atoms with E-state index in [4.69, 9.17) is 9.47 Å². The Morgan fingerprint density at radius 2 is 1.68 bits per heavy atom. The van der Waals surface area contributed by atoms with Crippen LogP contribution in [-0.4, -0.2) is 35.1 Å². The van der Waals surface area contributed by atoms with Crippen LogP contribution < -0.4 is 19.5 Å². The highest BCUT2D eigenvalue weighted by Gasteiger charge is 2.13. The summed E-state index contributed by atoms with van der Waals surface area (Å²) in [4.78, 5) is 12.4. The molecule has 0 aromatic heterocycles. The molecule has 0 bridgehead atoms. The van der Waals surface area contributed by atoms with Gasteiger partial charge in [-0.05, 0) is 54.5 Å². The van der Waals surface area contributed by atoms with E-state index in [1.165, 1.54) is 18.2 Å². The van der Waals surface area contributed by atoms with Crippen molar-refractivity contribution in [3.05, 3.63) is 54.1 Å². The van der Waals surface area contributed by atoms with Crippen molar-refractivity contribution in [2.24, 2.45) is 0 Å². The molecule has 7 nitrogen and oxygen atoms in total. The zero-order valence-electron chi connectivity index (χ0n) is 18.2. The van der Waals surface area contributed by atoms with E-state index < -0.39 is 10.0 Å². The average Bonchev–Trinajstić information content (AvgIpc) is 2.77. The summed E-state index contributed by atoms with van der Waals surface area (Å²) in [6.45, 7) is 2.53. The molecule has 1 amide bonds. The number of unbranched alkanes of at least 4 members (excludes halogenated alkanes) is 3. The van der Waals surface area contributed by atoms with Gasteiger partial charge in [0.2, 0.25) is 15.9 Å². The van der Waals surface area contributed by atoms with Gasteiger partial charge in [-0.2, -0.15) is 0 Å². The van der Waals surface area contributed by atoms with Gasteiger partial charge >= 0.3 is 0 Å². The maximum Gasteiger partial charge on any atom is 0.248 e. The quantitative estimate of drug-likeness (QED) is 0.376. The minimum atomic E-state index is -3.55. The molecule has 0 radical (unpaired) electrons. The normalized spacial score (nSPS) is 11.5. The Kier molecular flexibility index (Phi) is 9.55. The number of nitrogens with one attached hydrogen (secondary N) is 2. The highest BCUT2D eigenvalue weighted by Crippen LogP contribution is 2.28. The Labute approximate surface area is 184 Å². The first-order valence-electron chi connectivity index (χ1n) is 10.2. The van der Waals surface area contributed by atoms with Crippen molar-refractivity contribution in [2.45, 2.75) is 37.5 Å². The molecule has 0 heterocycles. The number of hydrogen-bond acceptors (Lipinski definition) is 5. The molecule has 2 aromatic carbocycles. The predicted molar refractivity (Wildman–Crippen MR) is 123 cm³/mol. The van der Waals surface area contributed by atoms with Crippen molar-refractivity contribution >= 4 is 27.7 Å². The summed E-state index contributed by atoms with van der Waals surface area (Å²) in [6, 6.07) is 11.4. The van der Waals surface area contributed by atoms with E-state index in [1.807, 2.05) is 0 Å². The summed E-state index contributed by atoms with van der Waals surface area (Å²) in [6.07, 6.45) is 7.05. The first kappa shape index (κ1) is 24.4. The summed E-state index contributed by atoms with van der Waals surface area (Å²) in [5, 5.41) is 2.71. The number of rotatable bonds is 12. The molecule has 0 fully saturated rings. The van der Waals surface area contributed by atoms with Crippen LogP contribution in [0.3, 0.4) is 0 Å². The van der Waals surface area contributed by atoms with Crippen LogP contribution in [0.4, 0.5) is 5.69 Å². The van der Waals surface area contributed by atoms with E-state index >= 15 is 0 Å². The number of anilines is 1. The maximum absolute atomic E-state index is 12.3. The third-order valence-corrected chi connectivity index (χ3v) is 6.07. The average molecular weight is 447 g/mol. The van der Waals surface area contributed by atoms with Crippen molar-refractivity contribution < 1.29 is 22.7 Å². The van der Waals surface area contributed by atoms with Gasteiger partial charge in [0.05, 0.1) is 19.1 Å². The molecule has 2 rings (SSSR count). The molecule has 8 heteroatoms. The fourth-order valence-electron chi connectivity index (χ4n) is 2.87. The van der Waals surface area contributed by atoms with Crippen LogP contribution in [0.5, 0.6) is 11.5 Å². The Bertz CT molecular complexity index is 986. The highest BCUT2D eigenvalue weighted by atomic mass is 32.2. The summed E-state index contributed by atoms with van der Waals surface area (Å²) in [7, 11) is -0.448. The van der Waals surface area contributed by atoms with Gasteiger partial charge in [0.1, 0.15) is 0 Å². The number of benzene rings is 2. The molecule has 0 spiro atoms. The Balaban J connectivity index is 1.93. The van der Waals surface area contributed by atoms with Crippen molar-refractivity contribution in [1.82, 2.24) is 4.72 Å². The molecular weight excluding hydrogens is 416 g/mol. The molecule has 168 valence electrons. The van der Waals surface area contributed by atoms with Gasteiger partial charge in [-0.25, -0.2) is 13.1 Å². The van der Waals surface area contributed by atoms with Gasteiger partial charge in [0.25, 0.3) is 0 Å². The van der Waals surface area contributed by atoms with E-state index in [2.05, 4.69) is 17.0 Å². The molecule has 2 N–H and O–H groups in total. The lowest BCUT2D eigenvalue weighted by atomic mass is 10.2. The second-order valence-electron chi connectivity index (χ2n) is 6.92. The Morgan fingerprint density at radius 3 is 2.32 bits per heavy atom. The van der Waals surface area contributed by atoms with Crippen LogP contribution >= 0.6 is 0 Å². The van der Waals surface area contributed by atoms with Gasteiger partial charge in [0.15, 0.2) is 11.5 Å². The van der Waals surface area contributed by atoms with Crippen LogP contribution in [0, 0.1) is 0 Å². The second-order valence-corrected chi connectivity index (χ2v) is 8.69. The van der Waals surface area contributed by atoms with Gasteiger partial charge < -0.3 is 14.8 Å². The van der Waals surface area contributed by atoms with E-state index in [1.54, 1.807) is 50.6 Å². The minimum absolute atomic E-state index is 0.168. The number of ether oxygens (including phenoxy) is 2. The SMILES string of the molecule is CCCCCCNS(=O)(=O)c1ccc(NC(=O)/C=C/c2ccc(OC)c(OC)c2)cc1. The van der Waals surface area contributed by atoms with Crippen LogP contribution in [0.25, 0.3) is 6.08 Å². The molecule has 0 aliphatic carbocycles. The van der Waals surface area contributed by atoms with Crippen LogP contribution in [-0.2, 0) is 14.8 Å². The van der Waals surface area contributed by atoms with Crippen molar-refractivity contribution in [1.29, 1.82) is 0 Å². The third kappa shape index (κ3) is 7.73. The summed E-state index contributed by atoms with van der Waals surface area (Å²) >= 11 is 0. The molecule has 0 saturated carbocycles. The minimum Gasteiger partial charge on any atom is -0.493 e. The van der Waals surface area contributed by atoms with Crippen LogP contribution in [0.2, 0.25) is 0 Å². The third-order valence-electron chi connectivity index (χ3n) is 4.59. The number of carbonyl (C=O) groups excluding carboxylic acids is 1. The van der Waals surface area contributed by atoms with Crippen molar-refractivity contribution in [3.8, 4) is 11.5 Å². The predicted octanol–water partition coefficient (Wildman–Crippen LogP) is 4.21. The first-order valence-corrected chi connectivity index (χ1v) is 11.7. The number of amides is 1. The monoisotopic (exact) mass is 446 g/mol. The topological polar surface area (TPSA) is 93.7 Å². The summed E-state index contributed by atoms with van der Waals surface area (Å²) < 4.78 is 37.7. The molecule has 0 unspecified atom stereocenters. The molecular formula is C23H30N2O5S. The Hall–Kier alpha value is -2.84. The lowest BCUT2D eigenvalue weighted by Gasteiger charge is -2.08. The van der Waals surface area contributed by atoms with Crippen LogP contribution in [0.1, 0.15) is 38.2 Å². The van der Waals surface area contributed by atoms with E-state index in [0.29, 0.717) is 23.7 Å². The van der Waals surface area contributed by atoms with E-state index in [0.717, 1.165) is 31.2 Å². The molecule has 0 saturated heterocycles. The zero-order valence-corrected chi connectivity index (χ0v) is 19.0. The molecule has 2 aromatic rings. The largest absolute Gasteiger partial charge is 0.493 e. The maximum atomic E-state index is 12.3. The molecule has 31 heavy (non-hydrogen) atoms. The number of sulfonamides is 1. The number of methoxy groups -OCH3 is 2. The number of hydrogen-bond donors (Lipinski definition) is 2. The summed E-state index contributed by atoms with van der Waals surface area (Å²) in [5.74, 6) is 0.842. The standard InChI is InChI=1S/C23H30N2O5S/c1-4-5-6-7-16-24-31(27,28)20-12-10-19(11-13-20)25-23(26)15-9-18-8-14-21(29-2)22(17-18)30-3/h8-15,17,24H,4-7,16H2,1-3H3,(H,25,26)/b15-9+. The lowest BCUT2D eigenvalue weighted by Crippen LogP contribution is -2.24. The van der Waals surface area contributed by atoms with Gasteiger partial charge in [-0.1, -0.05) is 32.3 Å². The van der Waals surface area contributed by atoms with E-state index in [9.17, 15) is 13.2 Å². The zero-order chi connectivity index (χ0) is 22.7. The summed E-state index contributed by atoms with van der Waals surface area (Å²) in [5.41, 5.74) is 1.28. The van der Waals surface area contributed by atoms with Crippen molar-refractivity contribution in [3.63, 3.8) is 0 Å². The molecule has 0 aliphatic heterocycles. The second kappa shape index (κ2) is 12.1. The van der Waals surface area contributed by atoms with Crippen LogP contribution in [0.15, 0.2) is 53.4 Å².